The van der Waals surface area contributed by atoms with Gasteiger partial charge in [0.15, 0.2) is 0 Å². The number of carboxylic acid groups (broad SMARTS) is 1. The number of carbonyl (C=O) groups excluding carboxylic acids is 7. The molecule has 7 amide bonds. The lowest BCUT2D eigenvalue weighted by Crippen LogP contribution is -2.60. The topological polar surface area (TPSA) is 212 Å². The number of methoxy groups -OCH3 is 2. The van der Waals surface area contributed by atoms with Crippen LogP contribution in [-0.4, -0.2) is 155 Å². The normalized spacial score (nSPS) is 21.4. The molecule has 1 saturated heterocycles. The molecule has 3 N–H and O–H groups in total. The van der Waals surface area contributed by atoms with E-state index in [2.05, 4.69) is 10.6 Å². The van der Waals surface area contributed by atoms with Gasteiger partial charge in [0.2, 0.25) is 29.5 Å². The van der Waals surface area contributed by atoms with E-state index in [1.807, 2.05) is 76.8 Å². The van der Waals surface area contributed by atoms with E-state index in [0.717, 1.165) is 37.7 Å². The Morgan fingerprint density at radius 1 is 0.803 bits per heavy atom. The van der Waals surface area contributed by atoms with Gasteiger partial charge in [-0.1, -0.05) is 111 Å². The van der Waals surface area contributed by atoms with Crippen LogP contribution in [0.1, 0.15) is 131 Å². The van der Waals surface area contributed by atoms with Crippen LogP contribution in [0.15, 0.2) is 42.5 Å². The summed E-state index contributed by atoms with van der Waals surface area (Å²) in [5.41, 5.74) is 0.772. The smallest absolute Gasteiger partial charge is 0.326 e. The lowest BCUT2D eigenvalue weighted by molar-refractivity contribution is -0.150. The van der Waals surface area contributed by atoms with Gasteiger partial charge in [0, 0.05) is 65.9 Å². The Morgan fingerprint density at radius 3 is 2.03 bits per heavy atom. The second-order valence-corrected chi connectivity index (χ2v) is 20.8. The number of rotatable bonds is 27. The van der Waals surface area contributed by atoms with Gasteiger partial charge in [-0.05, 0) is 61.3 Å². The lowest BCUT2D eigenvalue weighted by atomic mass is 9.89. The van der Waals surface area contributed by atoms with E-state index in [0.29, 0.717) is 32.1 Å². The predicted octanol–water partition coefficient (Wildman–Crippen LogP) is 5.39. The average Bonchev–Trinajstić information content (AvgIpc) is 3.75. The van der Waals surface area contributed by atoms with Crippen molar-refractivity contribution in [2.24, 2.45) is 29.6 Å². The Balaban J connectivity index is 1.51. The van der Waals surface area contributed by atoms with Crippen molar-refractivity contribution in [1.29, 1.82) is 0 Å². The first-order valence-electron chi connectivity index (χ1n) is 26.0. The molecule has 11 atom stereocenters. The largest absolute Gasteiger partial charge is 0.480 e. The van der Waals surface area contributed by atoms with Gasteiger partial charge >= 0.3 is 5.97 Å². The maximum Gasteiger partial charge on any atom is 0.326 e. The molecule has 4 rings (SSSR count). The number of benzene rings is 1. The zero-order chi connectivity index (χ0) is 52.7. The number of hydrogen-bond acceptors (Lipinski definition) is 10. The van der Waals surface area contributed by atoms with Crippen LogP contribution in [0, 0.1) is 29.6 Å². The Morgan fingerprint density at radius 2 is 1.45 bits per heavy atom. The molecule has 0 bridgehead atoms. The molecule has 17 nitrogen and oxygen atoms in total. The Bertz CT molecular complexity index is 1990. The zero-order valence-corrected chi connectivity index (χ0v) is 44.3. The van der Waals surface area contributed by atoms with Gasteiger partial charge in [-0.25, -0.2) is 4.79 Å². The summed E-state index contributed by atoms with van der Waals surface area (Å²) >= 11 is 0. The van der Waals surface area contributed by atoms with Crippen LogP contribution in [0.4, 0.5) is 0 Å². The second-order valence-electron chi connectivity index (χ2n) is 20.8. The van der Waals surface area contributed by atoms with Crippen molar-refractivity contribution in [3.05, 3.63) is 48.0 Å². The summed E-state index contributed by atoms with van der Waals surface area (Å²) in [5, 5.41) is 15.8. The van der Waals surface area contributed by atoms with Crippen molar-refractivity contribution in [3.8, 4) is 0 Å². The summed E-state index contributed by atoms with van der Waals surface area (Å²) in [6.45, 7) is 13.4. The number of nitrogens with zero attached hydrogens (tertiary/aromatic N) is 4. The molecule has 3 aliphatic rings. The fourth-order valence-corrected chi connectivity index (χ4v) is 11.1. The van der Waals surface area contributed by atoms with Crippen LogP contribution < -0.4 is 10.6 Å². The number of imide groups is 1. The molecule has 0 aromatic heterocycles. The summed E-state index contributed by atoms with van der Waals surface area (Å²) in [7, 11) is 6.33. The van der Waals surface area contributed by atoms with Gasteiger partial charge in [-0.3, -0.25) is 38.5 Å². The van der Waals surface area contributed by atoms with E-state index in [1.54, 1.807) is 25.9 Å². The molecule has 1 aromatic carbocycles. The molecule has 71 heavy (non-hydrogen) atoms. The van der Waals surface area contributed by atoms with E-state index < -0.39 is 66.1 Å². The van der Waals surface area contributed by atoms with Crippen molar-refractivity contribution >= 4 is 47.3 Å². The van der Waals surface area contributed by atoms with Gasteiger partial charge in [0.05, 0.1) is 36.6 Å². The van der Waals surface area contributed by atoms with Crippen LogP contribution in [-0.2, 0) is 54.3 Å². The minimum atomic E-state index is -1.16. The highest BCUT2D eigenvalue weighted by atomic mass is 16.5. The van der Waals surface area contributed by atoms with E-state index in [4.69, 9.17) is 9.47 Å². The van der Waals surface area contributed by atoms with Crippen LogP contribution in [0.3, 0.4) is 0 Å². The lowest BCUT2D eigenvalue weighted by Gasteiger charge is -2.42. The average molecular weight is 993 g/mol. The summed E-state index contributed by atoms with van der Waals surface area (Å²) in [6, 6.07) is 4.94. The number of aliphatic carboxylic acids is 1. The van der Waals surface area contributed by atoms with Crippen LogP contribution in [0.2, 0.25) is 0 Å². The molecule has 0 spiro atoms. The molecule has 17 heteroatoms. The van der Waals surface area contributed by atoms with E-state index in [1.165, 1.54) is 36.2 Å². The fourth-order valence-electron chi connectivity index (χ4n) is 11.1. The summed E-state index contributed by atoms with van der Waals surface area (Å²) in [6.07, 6.45) is 8.89. The zero-order valence-electron chi connectivity index (χ0n) is 44.3. The third-order valence-corrected chi connectivity index (χ3v) is 15.3. The minimum absolute atomic E-state index is 0.0647. The molecule has 2 aliphatic heterocycles. The molecular weight excluding hydrogens is 909 g/mol. The number of likely N-dealkylation sites (tertiary alicyclic amines) is 1. The van der Waals surface area contributed by atoms with Crippen LogP contribution >= 0.6 is 0 Å². The van der Waals surface area contributed by atoms with Gasteiger partial charge in [0.25, 0.3) is 11.8 Å². The summed E-state index contributed by atoms with van der Waals surface area (Å²) in [4.78, 5) is 114. The number of amides is 7. The molecular formula is C54H84N6O11. The SMILES string of the molecule is CC[C@H](C)[C@@H]([C@@H](CC(=O)N1C2CCCCCC2C[C@H]1[C@H](OC)[C@@H](C)C(=O)N[C@@H](Cc1ccccc1)C(=O)O)OC)N(C)C(=O)[C@@H](NC(=O)[C@H](C(C)C)N(C)C(=O)CCCCCN1C(=O)C=CC1=O)C(C)C. The number of nitrogens with one attached hydrogen (secondary N) is 2. The first-order chi connectivity index (χ1) is 33.7. The maximum atomic E-state index is 15.1. The number of carbonyl (C=O) groups is 8. The molecule has 2 fully saturated rings. The number of fused-ring (bicyclic) bond motifs is 1. The highest BCUT2D eigenvalue weighted by Gasteiger charge is 2.50. The number of unbranched alkanes of at least 4 members (excludes halogenated alkanes) is 2. The molecule has 396 valence electrons. The molecule has 0 radical (unpaired) electrons. The maximum absolute atomic E-state index is 15.1. The third-order valence-electron chi connectivity index (χ3n) is 15.3. The van der Waals surface area contributed by atoms with Crippen molar-refractivity contribution in [1.82, 2.24) is 30.2 Å². The van der Waals surface area contributed by atoms with Crippen molar-refractivity contribution < 1.29 is 52.9 Å². The third kappa shape index (κ3) is 15.2. The van der Waals surface area contributed by atoms with Gasteiger partial charge in [-0.2, -0.15) is 0 Å². The molecule has 1 aromatic rings. The second kappa shape index (κ2) is 27.6. The Kier molecular flexibility index (Phi) is 22.7. The highest BCUT2D eigenvalue weighted by molar-refractivity contribution is 6.12. The number of hydrogen-bond donors (Lipinski definition) is 3. The predicted molar refractivity (Wildman–Crippen MR) is 269 cm³/mol. The number of carboxylic acids is 1. The van der Waals surface area contributed by atoms with E-state index in [9.17, 15) is 38.7 Å². The van der Waals surface area contributed by atoms with Crippen molar-refractivity contribution in [3.63, 3.8) is 0 Å². The number of likely N-dealkylation sites (N-methyl/N-ethyl adjacent to an activating group) is 2. The minimum Gasteiger partial charge on any atom is -0.480 e. The Labute approximate surface area is 422 Å². The van der Waals surface area contributed by atoms with Crippen LogP contribution in [0.25, 0.3) is 0 Å². The fraction of sp³-hybridized carbons (Fsp3) is 0.704. The van der Waals surface area contributed by atoms with Gasteiger partial charge in [0.1, 0.15) is 18.1 Å². The van der Waals surface area contributed by atoms with Gasteiger partial charge < -0.3 is 39.9 Å². The van der Waals surface area contributed by atoms with Crippen molar-refractivity contribution in [2.45, 2.75) is 180 Å². The summed E-state index contributed by atoms with van der Waals surface area (Å²) < 4.78 is 12.3. The van der Waals surface area contributed by atoms with Gasteiger partial charge in [-0.15, -0.1) is 0 Å². The summed E-state index contributed by atoms with van der Waals surface area (Å²) in [5.74, 6) is -4.95. The van der Waals surface area contributed by atoms with E-state index >= 15 is 4.79 Å². The van der Waals surface area contributed by atoms with Crippen molar-refractivity contribution in [2.75, 3.05) is 34.9 Å². The van der Waals surface area contributed by atoms with E-state index in [-0.39, 0.29) is 85.1 Å². The molecule has 1 saturated carbocycles. The molecule has 2 unspecified atom stereocenters. The molecule has 2 heterocycles. The first-order valence-corrected chi connectivity index (χ1v) is 26.0. The molecule has 1 aliphatic carbocycles. The number of ether oxygens (including phenoxy) is 2. The first kappa shape index (κ1) is 58.4. The van der Waals surface area contributed by atoms with Crippen LogP contribution in [0.5, 0.6) is 0 Å². The highest BCUT2D eigenvalue weighted by Crippen LogP contribution is 2.42. The standard InChI is InChI=1S/C54H84N6O11/c1-12-35(6)49(58(9)53(67)47(33(2)3)56-52(66)48(34(4)5)57(8)43(61)26-20-15-21-29-59-44(62)27-28-45(59)63)42(70-10)32-46(64)60-40-25-19-14-18-24-38(40)31-41(60)50(71-11)36(7)51(65)55-39(54(68)69)30-37-22-16-13-17-23-37/h13,16-17,22-23,27-28,33-36,38-42,47-50H,12,14-15,18-21,24-26,29-32H2,1-11H3,(H,55,65)(H,56,66)(H,68,69)/t35-,36+,38?,39-,40?,41-,42+,47-,48-,49-,50+/m0/s1. The monoisotopic (exact) mass is 993 g/mol. The Hall–Kier alpha value is -5.16. The quantitative estimate of drug-likeness (QED) is 0.0752.